The van der Waals surface area contributed by atoms with Crippen molar-refractivity contribution < 1.29 is 4.74 Å². The predicted molar refractivity (Wildman–Crippen MR) is 47.9 cm³/mol. The van der Waals surface area contributed by atoms with Gasteiger partial charge in [0, 0.05) is 6.07 Å². The molecule has 4 heteroatoms. The molecule has 0 unspecified atom stereocenters. The largest absolute Gasteiger partial charge is 0.497 e. The van der Waals surface area contributed by atoms with Crippen molar-refractivity contribution in [1.29, 1.82) is 0 Å². The molecule has 1 aromatic heterocycles. The molecule has 0 bridgehead atoms. The molecular weight excluding hydrogens is 166 g/mol. The van der Waals surface area contributed by atoms with E-state index in [1.165, 1.54) is 0 Å². The summed E-state index contributed by atoms with van der Waals surface area (Å²) in [7, 11) is 1.63. The fourth-order valence-electron chi connectivity index (χ4n) is 1.08. The SMILES string of the molecule is COc1cccc(-n2nccn2)c1. The van der Waals surface area contributed by atoms with Crippen molar-refractivity contribution >= 4 is 0 Å². The molecule has 0 saturated heterocycles. The van der Waals surface area contributed by atoms with Crippen molar-refractivity contribution in [2.24, 2.45) is 0 Å². The van der Waals surface area contributed by atoms with E-state index in [0.29, 0.717) is 0 Å². The van der Waals surface area contributed by atoms with Gasteiger partial charge in [-0.15, -0.1) is 0 Å². The van der Waals surface area contributed by atoms with Crippen LogP contribution in [0.5, 0.6) is 5.75 Å². The van der Waals surface area contributed by atoms with Gasteiger partial charge in [-0.3, -0.25) is 0 Å². The second-order valence-corrected chi connectivity index (χ2v) is 2.52. The normalized spacial score (nSPS) is 9.92. The van der Waals surface area contributed by atoms with E-state index >= 15 is 0 Å². The van der Waals surface area contributed by atoms with E-state index in [2.05, 4.69) is 10.2 Å². The Morgan fingerprint density at radius 1 is 1.23 bits per heavy atom. The summed E-state index contributed by atoms with van der Waals surface area (Å²) < 4.78 is 5.08. The minimum atomic E-state index is 0.801. The predicted octanol–water partition coefficient (Wildman–Crippen LogP) is 1.28. The van der Waals surface area contributed by atoms with Gasteiger partial charge in [-0.1, -0.05) is 6.07 Å². The van der Waals surface area contributed by atoms with E-state index in [1.807, 2.05) is 24.3 Å². The summed E-state index contributed by atoms with van der Waals surface area (Å²) in [6, 6.07) is 7.58. The second-order valence-electron chi connectivity index (χ2n) is 2.52. The average molecular weight is 175 g/mol. The highest BCUT2D eigenvalue weighted by molar-refractivity contribution is 5.37. The van der Waals surface area contributed by atoms with Gasteiger partial charge in [-0.2, -0.15) is 15.0 Å². The monoisotopic (exact) mass is 175 g/mol. The number of hydrogen-bond acceptors (Lipinski definition) is 3. The third-order valence-corrected chi connectivity index (χ3v) is 1.70. The van der Waals surface area contributed by atoms with E-state index in [1.54, 1.807) is 24.3 Å². The van der Waals surface area contributed by atoms with E-state index in [-0.39, 0.29) is 0 Å². The summed E-state index contributed by atoms with van der Waals surface area (Å²) in [6.07, 6.45) is 3.28. The van der Waals surface area contributed by atoms with Crippen molar-refractivity contribution in [3.05, 3.63) is 36.7 Å². The van der Waals surface area contributed by atoms with Crippen LogP contribution in [-0.4, -0.2) is 22.1 Å². The summed E-state index contributed by atoms with van der Waals surface area (Å²) in [5, 5.41) is 8.02. The first-order chi connectivity index (χ1) is 6.40. The zero-order valence-electron chi connectivity index (χ0n) is 7.21. The molecule has 0 saturated carbocycles. The van der Waals surface area contributed by atoms with Crippen LogP contribution < -0.4 is 4.74 Å². The zero-order valence-corrected chi connectivity index (χ0v) is 7.21. The van der Waals surface area contributed by atoms with Crippen molar-refractivity contribution in [2.45, 2.75) is 0 Å². The van der Waals surface area contributed by atoms with Crippen molar-refractivity contribution in [3.63, 3.8) is 0 Å². The number of rotatable bonds is 2. The molecule has 2 rings (SSSR count). The number of hydrogen-bond donors (Lipinski definition) is 0. The molecule has 0 atom stereocenters. The lowest BCUT2D eigenvalue weighted by molar-refractivity contribution is 0.414. The highest BCUT2D eigenvalue weighted by Crippen LogP contribution is 2.14. The Morgan fingerprint density at radius 3 is 2.69 bits per heavy atom. The first-order valence-electron chi connectivity index (χ1n) is 3.91. The number of benzene rings is 1. The molecule has 4 nitrogen and oxygen atoms in total. The summed E-state index contributed by atoms with van der Waals surface area (Å²) in [4.78, 5) is 1.54. The van der Waals surface area contributed by atoms with Gasteiger partial charge in [0.15, 0.2) is 0 Å². The van der Waals surface area contributed by atoms with Crippen LogP contribution in [0.1, 0.15) is 0 Å². The van der Waals surface area contributed by atoms with Gasteiger partial charge in [0.1, 0.15) is 5.75 Å². The first-order valence-corrected chi connectivity index (χ1v) is 3.91. The second kappa shape index (κ2) is 3.26. The van der Waals surface area contributed by atoms with Crippen molar-refractivity contribution in [3.8, 4) is 11.4 Å². The van der Waals surface area contributed by atoms with Crippen LogP contribution in [0.4, 0.5) is 0 Å². The van der Waals surface area contributed by atoms with E-state index < -0.39 is 0 Å². The smallest absolute Gasteiger partial charge is 0.121 e. The van der Waals surface area contributed by atoms with Gasteiger partial charge in [0.05, 0.1) is 25.2 Å². The molecule has 2 aromatic rings. The van der Waals surface area contributed by atoms with Crippen molar-refractivity contribution in [2.75, 3.05) is 7.11 Å². The van der Waals surface area contributed by atoms with Gasteiger partial charge in [0.2, 0.25) is 0 Å². The van der Waals surface area contributed by atoms with Crippen LogP contribution in [0, 0.1) is 0 Å². The number of ether oxygens (including phenoxy) is 1. The average Bonchev–Trinajstić information content (AvgIpc) is 2.71. The van der Waals surface area contributed by atoms with Crippen LogP contribution in [0.25, 0.3) is 5.69 Å². The van der Waals surface area contributed by atoms with Crippen LogP contribution in [0.2, 0.25) is 0 Å². The van der Waals surface area contributed by atoms with Gasteiger partial charge in [-0.25, -0.2) is 0 Å². The van der Waals surface area contributed by atoms with E-state index in [9.17, 15) is 0 Å². The molecule has 0 aliphatic carbocycles. The fourth-order valence-corrected chi connectivity index (χ4v) is 1.08. The third kappa shape index (κ3) is 1.51. The van der Waals surface area contributed by atoms with Crippen LogP contribution >= 0.6 is 0 Å². The fraction of sp³-hybridized carbons (Fsp3) is 0.111. The lowest BCUT2D eigenvalue weighted by atomic mass is 10.3. The maximum atomic E-state index is 5.08. The molecule has 13 heavy (non-hydrogen) atoms. The molecular formula is C9H9N3O. The highest BCUT2D eigenvalue weighted by atomic mass is 16.5. The van der Waals surface area contributed by atoms with Gasteiger partial charge in [0.25, 0.3) is 0 Å². The zero-order chi connectivity index (χ0) is 9.10. The Hall–Kier alpha value is -1.84. The van der Waals surface area contributed by atoms with Crippen LogP contribution in [-0.2, 0) is 0 Å². The van der Waals surface area contributed by atoms with Gasteiger partial charge < -0.3 is 4.74 Å². The summed E-state index contributed by atoms with van der Waals surface area (Å²) in [5.41, 5.74) is 0.893. The lowest BCUT2D eigenvalue weighted by Crippen LogP contribution is -1.98. The molecule has 0 N–H and O–H groups in total. The molecule has 0 aliphatic heterocycles. The summed E-state index contributed by atoms with van der Waals surface area (Å²) in [6.45, 7) is 0. The Bertz CT molecular complexity index is 384. The number of nitrogens with zero attached hydrogens (tertiary/aromatic N) is 3. The lowest BCUT2D eigenvalue weighted by Gasteiger charge is -2.02. The molecule has 0 fully saturated rings. The van der Waals surface area contributed by atoms with Crippen LogP contribution in [0.15, 0.2) is 36.7 Å². The minimum absolute atomic E-state index is 0.801. The van der Waals surface area contributed by atoms with Crippen LogP contribution in [0.3, 0.4) is 0 Å². The summed E-state index contributed by atoms with van der Waals surface area (Å²) >= 11 is 0. The molecule has 1 heterocycles. The minimum Gasteiger partial charge on any atom is -0.497 e. The molecule has 0 spiro atoms. The molecule has 0 amide bonds. The molecule has 0 radical (unpaired) electrons. The van der Waals surface area contributed by atoms with Gasteiger partial charge in [-0.05, 0) is 12.1 Å². The Kier molecular flexibility index (Phi) is 1.96. The molecule has 0 aliphatic rings. The number of methoxy groups -OCH3 is 1. The Balaban J connectivity index is 2.41. The maximum absolute atomic E-state index is 5.08. The van der Waals surface area contributed by atoms with E-state index in [0.717, 1.165) is 11.4 Å². The Morgan fingerprint density at radius 2 is 2.00 bits per heavy atom. The maximum Gasteiger partial charge on any atom is 0.121 e. The topological polar surface area (TPSA) is 39.9 Å². The molecule has 1 aromatic carbocycles. The molecule has 66 valence electrons. The van der Waals surface area contributed by atoms with Gasteiger partial charge >= 0.3 is 0 Å². The van der Waals surface area contributed by atoms with E-state index in [4.69, 9.17) is 4.74 Å². The summed E-state index contributed by atoms with van der Waals surface area (Å²) in [5.74, 6) is 0.801. The third-order valence-electron chi connectivity index (χ3n) is 1.70. The standard InChI is InChI=1S/C9H9N3O/c1-13-9-4-2-3-8(7-9)12-10-5-6-11-12/h2-7H,1H3. The Labute approximate surface area is 75.8 Å². The highest BCUT2D eigenvalue weighted by Gasteiger charge is 1.98. The first kappa shape index (κ1) is 7.79. The quantitative estimate of drug-likeness (QED) is 0.690. The van der Waals surface area contributed by atoms with Crippen molar-refractivity contribution in [1.82, 2.24) is 15.0 Å². The number of aromatic nitrogens is 3.